The predicted molar refractivity (Wildman–Crippen MR) is 135 cm³/mol. The van der Waals surface area contributed by atoms with Crippen LogP contribution >= 0.6 is 0 Å². The summed E-state index contributed by atoms with van der Waals surface area (Å²) >= 11 is 0. The van der Waals surface area contributed by atoms with Gasteiger partial charge in [-0.05, 0) is 43.3 Å². The number of pyridine rings is 2. The summed E-state index contributed by atoms with van der Waals surface area (Å²) < 4.78 is 102. The maximum atomic E-state index is 14.6. The van der Waals surface area contributed by atoms with Crippen LogP contribution in [0.1, 0.15) is 34.1 Å². The average molecular weight is 611 g/mol. The van der Waals surface area contributed by atoms with Crippen molar-refractivity contribution in [3.8, 4) is 17.0 Å². The van der Waals surface area contributed by atoms with Gasteiger partial charge < -0.3 is 25.9 Å². The fraction of sp³-hybridized carbons (Fsp3) is 0.259. The summed E-state index contributed by atoms with van der Waals surface area (Å²) in [6, 6.07) is 5.79. The van der Waals surface area contributed by atoms with Crippen LogP contribution in [-0.4, -0.2) is 51.2 Å². The number of carbonyl (C=O) groups is 2. The molecule has 0 bridgehead atoms. The first kappa shape index (κ1) is 29.8. The Morgan fingerprint density at radius 2 is 1.81 bits per heavy atom. The minimum absolute atomic E-state index is 0.0774. The largest absolute Gasteiger partial charge is 0.489 e. The molecule has 226 valence electrons. The highest BCUT2D eigenvalue weighted by Gasteiger charge is 2.57. The summed E-state index contributed by atoms with van der Waals surface area (Å²) in [5, 5.41) is 12.7. The Bertz CT molecular complexity index is 1750. The number of H-pyrrole nitrogens is 1. The number of aromatic nitrogens is 3. The van der Waals surface area contributed by atoms with Gasteiger partial charge in [0.15, 0.2) is 0 Å². The summed E-state index contributed by atoms with van der Waals surface area (Å²) in [5.74, 6) is -3.00. The van der Waals surface area contributed by atoms with E-state index in [0.29, 0.717) is 12.3 Å². The van der Waals surface area contributed by atoms with Crippen LogP contribution in [0.3, 0.4) is 0 Å². The van der Waals surface area contributed by atoms with Gasteiger partial charge in [0.05, 0.1) is 23.4 Å². The standard InChI is InChI=1S/C27H20F7N5O4/c1-24(23(35)41)11-43-20-17(24)7-18(39-19(20)12-2-4-14(28)5-3-12)25(42,27(32,33)34)10-38-22(40)16-9-37-21-15(16)6-13(8-36-21)26(29,30)31/h2-9,42H,10-11H2,1H3,(H2,35,41)(H,36,37)(H,38,40)/t24-,25?/m0/s1. The van der Waals surface area contributed by atoms with Crippen LogP contribution < -0.4 is 15.8 Å². The molecule has 0 radical (unpaired) electrons. The van der Waals surface area contributed by atoms with Crippen LogP contribution in [0.25, 0.3) is 22.3 Å². The van der Waals surface area contributed by atoms with Gasteiger partial charge in [-0.3, -0.25) is 9.59 Å². The maximum absolute atomic E-state index is 14.6. The summed E-state index contributed by atoms with van der Waals surface area (Å²) in [5.41, 5.74) is -3.21. The number of carbonyl (C=O) groups excluding carboxylic acids is 2. The van der Waals surface area contributed by atoms with E-state index in [1.54, 1.807) is 0 Å². The highest BCUT2D eigenvalue weighted by Crippen LogP contribution is 2.47. The molecule has 0 spiro atoms. The summed E-state index contributed by atoms with van der Waals surface area (Å²) in [4.78, 5) is 35.3. The van der Waals surface area contributed by atoms with E-state index in [9.17, 15) is 45.4 Å². The summed E-state index contributed by atoms with van der Waals surface area (Å²) in [6.07, 6.45) is -8.83. The molecule has 0 fully saturated rings. The Morgan fingerprint density at radius 1 is 1.14 bits per heavy atom. The highest BCUT2D eigenvalue weighted by molar-refractivity contribution is 6.06. The number of aromatic amines is 1. The number of nitrogens with zero attached hydrogens (tertiary/aromatic N) is 2. The first-order valence-electron chi connectivity index (χ1n) is 12.3. The Kier molecular flexibility index (Phi) is 6.87. The molecule has 4 aromatic rings. The molecule has 4 heterocycles. The zero-order chi connectivity index (χ0) is 31.5. The lowest BCUT2D eigenvalue weighted by molar-refractivity contribution is -0.265. The SMILES string of the molecule is C[C@]1(C(N)=O)COc2c1cc(C(O)(CNC(=O)c1c[nH]c3ncc(C(F)(F)F)cc13)C(F)(F)F)nc2-c1ccc(F)cc1. The number of ether oxygens (including phenoxy) is 1. The van der Waals surface area contributed by atoms with E-state index in [-0.39, 0.29) is 40.2 Å². The first-order valence-corrected chi connectivity index (χ1v) is 12.3. The molecule has 0 saturated heterocycles. The fourth-order valence-corrected chi connectivity index (χ4v) is 4.59. The number of nitrogens with one attached hydrogen (secondary N) is 2. The van der Waals surface area contributed by atoms with E-state index in [1.165, 1.54) is 19.1 Å². The molecule has 1 unspecified atom stereocenters. The molecule has 5 rings (SSSR count). The van der Waals surface area contributed by atoms with E-state index in [1.807, 2.05) is 5.32 Å². The molecule has 9 nitrogen and oxygen atoms in total. The molecule has 1 aromatic carbocycles. The molecule has 3 aromatic heterocycles. The second kappa shape index (κ2) is 9.93. The number of primary amides is 1. The molecule has 0 aliphatic carbocycles. The van der Waals surface area contributed by atoms with Crippen LogP contribution in [0.5, 0.6) is 5.75 Å². The number of halogens is 7. The smallest absolute Gasteiger partial charge is 0.424 e. The number of hydrogen-bond donors (Lipinski definition) is 4. The second-order valence-corrected chi connectivity index (χ2v) is 10.1. The van der Waals surface area contributed by atoms with Gasteiger partial charge in [0.2, 0.25) is 11.5 Å². The monoisotopic (exact) mass is 611 g/mol. The zero-order valence-corrected chi connectivity index (χ0v) is 21.8. The van der Waals surface area contributed by atoms with Gasteiger partial charge in [-0.1, -0.05) is 0 Å². The van der Waals surface area contributed by atoms with Gasteiger partial charge in [0.25, 0.3) is 5.91 Å². The molecule has 5 N–H and O–H groups in total. The third-order valence-corrected chi connectivity index (χ3v) is 7.23. The summed E-state index contributed by atoms with van der Waals surface area (Å²) in [6.45, 7) is -0.599. The van der Waals surface area contributed by atoms with Gasteiger partial charge in [-0.15, -0.1) is 0 Å². The van der Waals surface area contributed by atoms with Crippen molar-refractivity contribution in [1.29, 1.82) is 0 Å². The van der Waals surface area contributed by atoms with Crippen molar-refractivity contribution in [1.82, 2.24) is 20.3 Å². The molecule has 43 heavy (non-hydrogen) atoms. The minimum atomic E-state index is -5.49. The van der Waals surface area contributed by atoms with E-state index in [2.05, 4.69) is 15.0 Å². The van der Waals surface area contributed by atoms with Crippen molar-refractivity contribution in [2.75, 3.05) is 13.2 Å². The summed E-state index contributed by atoms with van der Waals surface area (Å²) in [7, 11) is 0. The topological polar surface area (TPSA) is 143 Å². The third-order valence-electron chi connectivity index (χ3n) is 7.23. The Morgan fingerprint density at radius 3 is 2.42 bits per heavy atom. The molecule has 1 aliphatic heterocycles. The maximum Gasteiger partial charge on any atom is 0.424 e. The van der Waals surface area contributed by atoms with Gasteiger partial charge >= 0.3 is 12.4 Å². The Hall–Kier alpha value is -4.73. The van der Waals surface area contributed by atoms with Gasteiger partial charge in [0.1, 0.15) is 34.9 Å². The normalized spacial score (nSPS) is 18.2. The first-order chi connectivity index (χ1) is 20.0. The zero-order valence-electron chi connectivity index (χ0n) is 21.8. The molecule has 1 aliphatic rings. The van der Waals surface area contributed by atoms with Gasteiger partial charge in [-0.25, -0.2) is 14.4 Å². The number of benzene rings is 1. The van der Waals surface area contributed by atoms with E-state index < -0.39 is 64.4 Å². The van der Waals surface area contributed by atoms with Crippen molar-refractivity contribution < 1.29 is 50.2 Å². The van der Waals surface area contributed by atoms with E-state index in [0.717, 1.165) is 24.4 Å². The Labute approximate surface area is 236 Å². The molecular formula is C27H20F7N5O4. The average Bonchev–Trinajstić information content (AvgIpc) is 3.52. The van der Waals surface area contributed by atoms with Crippen molar-refractivity contribution in [2.24, 2.45) is 5.73 Å². The minimum Gasteiger partial charge on any atom is -0.489 e. The number of hydrogen-bond acceptors (Lipinski definition) is 6. The lowest BCUT2D eigenvalue weighted by atomic mass is 9.81. The van der Waals surface area contributed by atoms with Crippen LogP contribution in [0.4, 0.5) is 30.7 Å². The van der Waals surface area contributed by atoms with Crippen LogP contribution in [-0.2, 0) is 22.0 Å². The lowest BCUT2D eigenvalue weighted by Gasteiger charge is -2.31. The van der Waals surface area contributed by atoms with E-state index in [4.69, 9.17) is 10.5 Å². The number of alkyl halides is 6. The molecule has 0 saturated carbocycles. The van der Waals surface area contributed by atoms with Crippen LogP contribution in [0.15, 0.2) is 48.8 Å². The molecular weight excluding hydrogens is 591 g/mol. The van der Waals surface area contributed by atoms with E-state index >= 15 is 0 Å². The highest BCUT2D eigenvalue weighted by atomic mass is 19.4. The lowest BCUT2D eigenvalue weighted by Crippen LogP contribution is -2.51. The molecule has 16 heteroatoms. The number of fused-ring (bicyclic) bond motifs is 2. The second-order valence-electron chi connectivity index (χ2n) is 10.1. The van der Waals surface area contributed by atoms with Crippen LogP contribution in [0.2, 0.25) is 0 Å². The van der Waals surface area contributed by atoms with Gasteiger partial charge in [-0.2, -0.15) is 26.3 Å². The van der Waals surface area contributed by atoms with Crippen molar-refractivity contribution in [2.45, 2.75) is 30.3 Å². The number of nitrogens with two attached hydrogens (primary N) is 1. The number of aliphatic hydroxyl groups is 1. The third kappa shape index (κ3) is 5.00. The Balaban J connectivity index is 1.58. The van der Waals surface area contributed by atoms with Crippen molar-refractivity contribution >= 4 is 22.8 Å². The quantitative estimate of drug-likeness (QED) is 0.242. The number of rotatable bonds is 6. The molecule has 2 atom stereocenters. The fourth-order valence-electron chi connectivity index (χ4n) is 4.59. The number of amides is 2. The van der Waals surface area contributed by atoms with Crippen LogP contribution in [0, 0.1) is 5.82 Å². The van der Waals surface area contributed by atoms with Crippen molar-refractivity contribution in [3.05, 3.63) is 77.0 Å². The van der Waals surface area contributed by atoms with Crippen molar-refractivity contribution in [3.63, 3.8) is 0 Å². The van der Waals surface area contributed by atoms with Gasteiger partial charge in [0, 0.05) is 28.9 Å². The predicted octanol–water partition coefficient (Wildman–Crippen LogP) is 4.10. The molecule has 2 amide bonds.